The standard InChI is InChI=1S/C27H23F7O2/c1-15-2-11-23(35-14-15)17-6-3-16(4-7-17)5-8-18-9-10-20(25(31)24(18)30)27(33,34)36-19-12-21(28)26(32)22(29)13-19/h3-4,6-7,9-10,12-13,15,23H,2,5,8,11,14H2,1H3. The Morgan fingerprint density at radius 2 is 1.50 bits per heavy atom. The van der Waals surface area contributed by atoms with Crippen molar-refractivity contribution in [2.24, 2.45) is 5.92 Å². The van der Waals surface area contributed by atoms with Gasteiger partial charge in [-0.1, -0.05) is 37.3 Å². The van der Waals surface area contributed by atoms with E-state index in [1.54, 1.807) is 0 Å². The number of hydrogen-bond acceptors (Lipinski definition) is 2. The van der Waals surface area contributed by atoms with Gasteiger partial charge in [-0.05, 0) is 54.4 Å². The second-order valence-corrected chi connectivity index (χ2v) is 8.97. The molecule has 0 aliphatic carbocycles. The van der Waals surface area contributed by atoms with Crippen LogP contribution in [0.25, 0.3) is 0 Å². The summed E-state index contributed by atoms with van der Waals surface area (Å²) in [6.07, 6.45) is -2.07. The number of halogens is 7. The first-order valence-corrected chi connectivity index (χ1v) is 11.4. The molecule has 3 aromatic carbocycles. The number of rotatable bonds is 7. The highest BCUT2D eigenvalue weighted by atomic mass is 19.3. The predicted octanol–water partition coefficient (Wildman–Crippen LogP) is 7.78. The van der Waals surface area contributed by atoms with Gasteiger partial charge in [0.25, 0.3) is 0 Å². The molecule has 0 bridgehead atoms. The highest BCUT2D eigenvalue weighted by Gasteiger charge is 2.39. The maximum absolute atomic E-state index is 14.6. The zero-order chi connectivity index (χ0) is 26.0. The topological polar surface area (TPSA) is 18.5 Å². The molecule has 1 heterocycles. The number of ether oxygens (including phenoxy) is 2. The second-order valence-electron chi connectivity index (χ2n) is 8.97. The van der Waals surface area contributed by atoms with Gasteiger partial charge in [0.1, 0.15) is 11.3 Å². The highest BCUT2D eigenvalue weighted by Crippen LogP contribution is 2.36. The molecule has 3 aromatic rings. The van der Waals surface area contributed by atoms with Crippen LogP contribution in [-0.2, 0) is 23.7 Å². The molecular formula is C27H23F7O2. The lowest BCUT2D eigenvalue weighted by molar-refractivity contribution is -0.188. The van der Waals surface area contributed by atoms with Crippen LogP contribution in [-0.4, -0.2) is 6.61 Å². The van der Waals surface area contributed by atoms with E-state index >= 15 is 0 Å². The lowest BCUT2D eigenvalue weighted by Crippen LogP contribution is -2.24. The van der Waals surface area contributed by atoms with Crippen LogP contribution < -0.4 is 4.74 Å². The fourth-order valence-corrected chi connectivity index (χ4v) is 4.13. The Labute approximate surface area is 203 Å². The summed E-state index contributed by atoms with van der Waals surface area (Å²) < 4.78 is 108. The molecule has 9 heteroatoms. The second kappa shape index (κ2) is 10.5. The zero-order valence-electron chi connectivity index (χ0n) is 19.3. The molecule has 0 radical (unpaired) electrons. The Morgan fingerprint density at radius 3 is 2.11 bits per heavy atom. The predicted molar refractivity (Wildman–Crippen MR) is 118 cm³/mol. The number of hydrogen-bond donors (Lipinski definition) is 0. The third-order valence-electron chi connectivity index (χ3n) is 6.22. The molecular weight excluding hydrogens is 489 g/mol. The lowest BCUT2D eigenvalue weighted by Gasteiger charge is -2.27. The van der Waals surface area contributed by atoms with Crippen LogP contribution in [0.5, 0.6) is 5.75 Å². The number of aryl methyl sites for hydroxylation is 2. The van der Waals surface area contributed by atoms with Gasteiger partial charge in [-0.2, -0.15) is 8.78 Å². The Bertz CT molecular complexity index is 1200. The Kier molecular flexibility index (Phi) is 7.59. The molecule has 1 aliphatic heterocycles. The number of benzene rings is 3. The van der Waals surface area contributed by atoms with Crippen LogP contribution in [0.4, 0.5) is 30.7 Å². The highest BCUT2D eigenvalue weighted by molar-refractivity contribution is 5.32. The average molecular weight is 512 g/mol. The first kappa shape index (κ1) is 26.0. The van der Waals surface area contributed by atoms with Crippen LogP contribution in [0.2, 0.25) is 0 Å². The van der Waals surface area contributed by atoms with Gasteiger partial charge in [0.2, 0.25) is 0 Å². The molecule has 0 N–H and O–H groups in total. The molecule has 1 saturated heterocycles. The van der Waals surface area contributed by atoms with Crippen LogP contribution in [0.1, 0.15) is 48.1 Å². The van der Waals surface area contributed by atoms with Crippen LogP contribution >= 0.6 is 0 Å². The minimum Gasteiger partial charge on any atom is -0.429 e. The van der Waals surface area contributed by atoms with Gasteiger partial charge < -0.3 is 9.47 Å². The van der Waals surface area contributed by atoms with Crippen molar-refractivity contribution in [3.63, 3.8) is 0 Å². The molecule has 0 saturated carbocycles. The molecule has 2 unspecified atom stereocenters. The van der Waals surface area contributed by atoms with Gasteiger partial charge in [-0.3, -0.25) is 0 Å². The monoisotopic (exact) mass is 512 g/mol. The summed E-state index contributed by atoms with van der Waals surface area (Å²) in [5, 5.41) is 0. The summed E-state index contributed by atoms with van der Waals surface area (Å²) in [7, 11) is 0. The van der Waals surface area contributed by atoms with E-state index in [1.165, 1.54) is 0 Å². The van der Waals surface area contributed by atoms with E-state index in [0.29, 0.717) is 25.0 Å². The molecule has 1 fully saturated rings. The maximum atomic E-state index is 14.6. The van der Waals surface area contributed by atoms with Crippen LogP contribution in [0.3, 0.4) is 0 Å². The van der Waals surface area contributed by atoms with E-state index in [-0.39, 0.29) is 30.2 Å². The van der Waals surface area contributed by atoms with Crippen molar-refractivity contribution in [1.82, 2.24) is 0 Å². The molecule has 192 valence electrons. The average Bonchev–Trinajstić information content (AvgIpc) is 2.84. The third kappa shape index (κ3) is 5.67. The van der Waals surface area contributed by atoms with E-state index in [0.717, 1.165) is 30.0 Å². The SMILES string of the molecule is CC1CCC(c2ccc(CCc3ccc(C(F)(F)Oc4cc(F)c(F)c(F)c4)c(F)c3F)cc2)OC1. The molecule has 0 amide bonds. The van der Waals surface area contributed by atoms with Gasteiger partial charge in [0, 0.05) is 18.7 Å². The van der Waals surface area contributed by atoms with Crippen LogP contribution in [0, 0.1) is 35.0 Å². The third-order valence-corrected chi connectivity index (χ3v) is 6.22. The first-order valence-electron chi connectivity index (χ1n) is 11.4. The lowest BCUT2D eigenvalue weighted by atomic mass is 9.94. The summed E-state index contributed by atoms with van der Waals surface area (Å²) in [5.41, 5.74) is 0.302. The van der Waals surface area contributed by atoms with Gasteiger partial charge in [0.15, 0.2) is 29.1 Å². The molecule has 36 heavy (non-hydrogen) atoms. The van der Waals surface area contributed by atoms with Crippen molar-refractivity contribution in [2.75, 3.05) is 6.61 Å². The Hall–Kier alpha value is -3.07. The maximum Gasteiger partial charge on any atom is 0.429 e. The fraction of sp³-hybridized carbons (Fsp3) is 0.333. The molecule has 4 rings (SSSR count). The molecule has 1 aliphatic rings. The summed E-state index contributed by atoms with van der Waals surface area (Å²) in [6.45, 7) is 2.84. The zero-order valence-corrected chi connectivity index (χ0v) is 19.3. The van der Waals surface area contributed by atoms with E-state index in [2.05, 4.69) is 11.7 Å². The minimum absolute atomic E-state index is 0.0288. The van der Waals surface area contributed by atoms with Gasteiger partial charge in [-0.15, -0.1) is 0 Å². The first-order chi connectivity index (χ1) is 17.0. The Balaban J connectivity index is 1.43. The summed E-state index contributed by atoms with van der Waals surface area (Å²) in [5.74, 6) is -9.29. The summed E-state index contributed by atoms with van der Waals surface area (Å²) >= 11 is 0. The smallest absolute Gasteiger partial charge is 0.429 e. The molecule has 0 spiro atoms. The van der Waals surface area contributed by atoms with E-state index in [4.69, 9.17) is 4.74 Å². The normalized spacial score (nSPS) is 18.3. The van der Waals surface area contributed by atoms with Gasteiger partial charge >= 0.3 is 6.11 Å². The largest absolute Gasteiger partial charge is 0.429 e. The Morgan fingerprint density at radius 1 is 0.833 bits per heavy atom. The molecule has 0 aromatic heterocycles. The van der Waals surface area contributed by atoms with Crippen molar-refractivity contribution in [3.8, 4) is 5.75 Å². The van der Waals surface area contributed by atoms with E-state index in [9.17, 15) is 30.7 Å². The molecule has 2 nitrogen and oxygen atoms in total. The van der Waals surface area contributed by atoms with Gasteiger partial charge in [0.05, 0.1) is 6.10 Å². The number of alkyl halides is 2. The van der Waals surface area contributed by atoms with Crippen LogP contribution in [0.15, 0.2) is 48.5 Å². The van der Waals surface area contributed by atoms with E-state index < -0.39 is 46.5 Å². The summed E-state index contributed by atoms with van der Waals surface area (Å²) in [6, 6.07) is 9.59. The molecule has 2 atom stereocenters. The van der Waals surface area contributed by atoms with Crippen molar-refractivity contribution in [2.45, 2.75) is 44.8 Å². The van der Waals surface area contributed by atoms with Crippen molar-refractivity contribution in [3.05, 3.63) is 99.9 Å². The quantitative estimate of drug-likeness (QED) is 0.238. The van der Waals surface area contributed by atoms with Crippen molar-refractivity contribution >= 4 is 0 Å². The summed E-state index contributed by atoms with van der Waals surface area (Å²) in [4.78, 5) is 0. The minimum atomic E-state index is -4.48. The van der Waals surface area contributed by atoms with E-state index in [1.807, 2.05) is 24.3 Å². The van der Waals surface area contributed by atoms with Gasteiger partial charge in [-0.25, -0.2) is 22.0 Å². The van der Waals surface area contributed by atoms with Crippen molar-refractivity contribution in [1.29, 1.82) is 0 Å². The fourth-order valence-electron chi connectivity index (χ4n) is 4.13. The van der Waals surface area contributed by atoms with Crippen molar-refractivity contribution < 1.29 is 40.2 Å².